The summed E-state index contributed by atoms with van der Waals surface area (Å²) in [6, 6.07) is 6.11. The van der Waals surface area contributed by atoms with Gasteiger partial charge in [-0.3, -0.25) is 4.40 Å². The molecule has 0 aliphatic carbocycles. The first-order valence-corrected chi connectivity index (χ1v) is 4.79. The van der Waals surface area contributed by atoms with E-state index in [9.17, 15) is 0 Å². The summed E-state index contributed by atoms with van der Waals surface area (Å²) in [6.45, 7) is 2.15. The van der Waals surface area contributed by atoms with Gasteiger partial charge in [0.15, 0.2) is 0 Å². The minimum atomic E-state index is 1.01. The molecular weight excluding hydrogens is 174 g/mol. The second-order valence-corrected chi connectivity index (χ2v) is 3.78. The van der Waals surface area contributed by atoms with Gasteiger partial charge in [-0.1, -0.05) is 6.07 Å². The van der Waals surface area contributed by atoms with E-state index in [2.05, 4.69) is 34.1 Å². The van der Waals surface area contributed by atoms with Crippen LogP contribution in [0.25, 0.3) is 5.65 Å². The fourth-order valence-electron chi connectivity index (χ4n) is 2.01. The highest BCUT2D eigenvalue weighted by Crippen LogP contribution is 2.25. The predicted molar refractivity (Wildman–Crippen MR) is 55.4 cm³/mol. The number of pyridine rings is 1. The van der Waals surface area contributed by atoms with Crippen LogP contribution in [0.15, 0.2) is 24.4 Å². The van der Waals surface area contributed by atoms with Gasteiger partial charge in [0, 0.05) is 12.3 Å². The molecule has 0 N–H and O–H groups in total. The highest BCUT2D eigenvalue weighted by Gasteiger charge is 2.29. The first-order valence-electron chi connectivity index (χ1n) is 4.79. The second-order valence-electron chi connectivity index (χ2n) is 3.78. The van der Waals surface area contributed by atoms with Gasteiger partial charge in [0.05, 0.1) is 19.2 Å². The zero-order valence-corrected chi connectivity index (χ0v) is 8.36. The van der Waals surface area contributed by atoms with Crippen molar-refractivity contribution in [1.29, 1.82) is 0 Å². The lowest BCUT2D eigenvalue weighted by Gasteiger charge is -1.92. The molecule has 3 nitrogen and oxygen atoms in total. The van der Waals surface area contributed by atoms with E-state index >= 15 is 0 Å². The van der Waals surface area contributed by atoms with Crippen molar-refractivity contribution in [3.63, 3.8) is 0 Å². The minimum absolute atomic E-state index is 1.01. The minimum Gasteiger partial charge on any atom is -0.276 e. The first kappa shape index (κ1) is 7.74. The van der Waals surface area contributed by atoms with Crippen molar-refractivity contribution >= 4 is 17.2 Å². The molecule has 1 aliphatic rings. The monoisotopic (exact) mass is 186 g/mol. The van der Waals surface area contributed by atoms with Crippen LogP contribution >= 0.6 is 0 Å². The molecule has 0 amide bonds. The van der Waals surface area contributed by atoms with Crippen LogP contribution in [-0.2, 0) is 6.42 Å². The lowest BCUT2D eigenvalue weighted by Crippen LogP contribution is -2.04. The van der Waals surface area contributed by atoms with Crippen molar-refractivity contribution in [2.45, 2.75) is 13.3 Å². The number of rotatable bonds is 0. The van der Waals surface area contributed by atoms with Gasteiger partial charge in [0.1, 0.15) is 5.69 Å². The van der Waals surface area contributed by atoms with Crippen molar-refractivity contribution in [2.75, 3.05) is 7.05 Å². The van der Waals surface area contributed by atoms with Crippen LogP contribution in [0.4, 0.5) is 5.82 Å². The topological polar surface area (TPSA) is 20.3 Å². The molecule has 0 saturated heterocycles. The molecule has 14 heavy (non-hydrogen) atoms. The molecule has 0 spiro atoms. The third kappa shape index (κ3) is 0.816. The van der Waals surface area contributed by atoms with Gasteiger partial charge in [0.25, 0.3) is 5.65 Å². The molecule has 0 unspecified atom stereocenters. The molecule has 3 heteroatoms. The van der Waals surface area contributed by atoms with Gasteiger partial charge in [-0.05, 0) is 18.0 Å². The third-order valence-corrected chi connectivity index (χ3v) is 2.92. The number of aromatic nitrogens is 2. The van der Waals surface area contributed by atoms with Gasteiger partial charge < -0.3 is 0 Å². The van der Waals surface area contributed by atoms with Gasteiger partial charge >= 0.3 is 5.82 Å². The molecule has 3 heterocycles. The highest BCUT2D eigenvalue weighted by molar-refractivity contribution is 5.84. The fraction of sp³-hybridized carbons (Fsp3) is 0.273. The Bertz CT molecular complexity index is 549. The van der Waals surface area contributed by atoms with E-state index < -0.39 is 0 Å². The molecule has 0 fully saturated rings. The molecule has 0 bridgehead atoms. The summed E-state index contributed by atoms with van der Waals surface area (Å²) in [5.74, 6) is 1.11. The lowest BCUT2D eigenvalue weighted by molar-refractivity contribution is -0.406. The normalized spacial score (nSPS) is 15.3. The van der Waals surface area contributed by atoms with Crippen LogP contribution in [0.3, 0.4) is 0 Å². The Kier molecular flexibility index (Phi) is 1.35. The molecule has 0 atom stereocenters. The van der Waals surface area contributed by atoms with Crippen LogP contribution in [0.1, 0.15) is 12.6 Å². The van der Waals surface area contributed by atoms with Crippen LogP contribution in [0, 0.1) is 0 Å². The summed E-state index contributed by atoms with van der Waals surface area (Å²) in [5, 5.41) is 0. The molecule has 70 valence electrons. The molecule has 0 radical (unpaired) electrons. The van der Waals surface area contributed by atoms with Crippen LogP contribution in [-0.4, -0.2) is 26.7 Å². The van der Waals surface area contributed by atoms with E-state index in [1.165, 1.54) is 11.4 Å². The van der Waals surface area contributed by atoms with Crippen molar-refractivity contribution in [3.05, 3.63) is 30.1 Å². The Hall–Kier alpha value is -1.64. The number of imidazole rings is 1. The number of hydrogen-bond acceptors (Lipinski definition) is 1. The van der Waals surface area contributed by atoms with Crippen molar-refractivity contribution in [2.24, 2.45) is 0 Å². The van der Waals surface area contributed by atoms with E-state index in [1.54, 1.807) is 0 Å². The van der Waals surface area contributed by atoms with Crippen molar-refractivity contribution < 1.29 is 4.58 Å². The molecule has 3 rings (SSSR count). The van der Waals surface area contributed by atoms with Crippen LogP contribution < -0.4 is 0 Å². The van der Waals surface area contributed by atoms with E-state index in [-0.39, 0.29) is 0 Å². The zero-order chi connectivity index (χ0) is 9.71. The first-order chi connectivity index (χ1) is 6.77. The maximum atomic E-state index is 4.59. The fourth-order valence-corrected chi connectivity index (χ4v) is 2.01. The van der Waals surface area contributed by atoms with Gasteiger partial charge in [0.2, 0.25) is 0 Å². The lowest BCUT2D eigenvalue weighted by atomic mass is 10.3. The van der Waals surface area contributed by atoms with Crippen LogP contribution in [0.5, 0.6) is 0 Å². The Morgan fingerprint density at radius 1 is 1.43 bits per heavy atom. The number of nitrogens with zero attached hydrogens (tertiary/aromatic N) is 3. The standard InChI is InChI=1S/C11H12N3/c1-8-7-9-11(13(8)2)12-10-5-3-4-6-14(9)10/h3-6H,7H2,1-2H3/q+1. The Morgan fingerprint density at radius 2 is 2.29 bits per heavy atom. The van der Waals surface area contributed by atoms with Gasteiger partial charge in [-0.25, -0.2) is 4.58 Å². The second kappa shape index (κ2) is 2.44. The quantitative estimate of drug-likeness (QED) is 0.572. The molecule has 1 aliphatic heterocycles. The van der Waals surface area contributed by atoms with Crippen LogP contribution in [0.2, 0.25) is 0 Å². The summed E-state index contributed by atoms with van der Waals surface area (Å²) in [7, 11) is 2.08. The van der Waals surface area contributed by atoms with Gasteiger partial charge in [-0.2, -0.15) is 0 Å². The third-order valence-electron chi connectivity index (χ3n) is 2.92. The Morgan fingerprint density at radius 3 is 3.14 bits per heavy atom. The molecule has 2 aromatic rings. The summed E-state index contributed by atoms with van der Waals surface area (Å²) >= 11 is 0. The summed E-state index contributed by atoms with van der Waals surface area (Å²) in [5.41, 5.74) is 3.71. The Balaban J connectivity index is 2.39. The zero-order valence-electron chi connectivity index (χ0n) is 8.36. The largest absolute Gasteiger partial charge is 0.345 e. The van der Waals surface area contributed by atoms with Crippen molar-refractivity contribution in [1.82, 2.24) is 9.38 Å². The summed E-state index contributed by atoms with van der Waals surface area (Å²) in [4.78, 5) is 4.59. The predicted octanol–water partition coefficient (Wildman–Crippen LogP) is 1.63. The number of hydrogen-bond donors (Lipinski definition) is 0. The Labute approximate surface area is 82.3 Å². The summed E-state index contributed by atoms with van der Waals surface area (Å²) in [6.07, 6.45) is 3.09. The molecular formula is C11H12N3+. The number of fused-ring (bicyclic) bond motifs is 3. The average molecular weight is 186 g/mol. The van der Waals surface area contributed by atoms with Crippen molar-refractivity contribution in [3.8, 4) is 0 Å². The van der Waals surface area contributed by atoms with E-state index in [0.717, 1.165) is 17.9 Å². The molecule has 0 saturated carbocycles. The SMILES string of the molecule is CC1=[N+](C)c2nc3ccccn3c2C1. The van der Waals surface area contributed by atoms with E-state index in [0.29, 0.717) is 0 Å². The van der Waals surface area contributed by atoms with Gasteiger partial charge in [-0.15, -0.1) is 0 Å². The molecule has 0 aromatic carbocycles. The van der Waals surface area contributed by atoms with E-state index in [4.69, 9.17) is 0 Å². The van der Waals surface area contributed by atoms with E-state index in [1.807, 2.05) is 18.2 Å². The average Bonchev–Trinajstić information content (AvgIpc) is 2.67. The maximum absolute atomic E-state index is 4.59. The highest BCUT2D eigenvalue weighted by atomic mass is 15.2. The smallest absolute Gasteiger partial charge is 0.276 e. The summed E-state index contributed by atoms with van der Waals surface area (Å²) < 4.78 is 4.34. The maximum Gasteiger partial charge on any atom is 0.345 e. The molecule has 2 aromatic heterocycles.